The molecule has 1 aliphatic rings. The highest BCUT2D eigenvalue weighted by molar-refractivity contribution is 5.34. The highest BCUT2D eigenvalue weighted by atomic mass is 19.4. The van der Waals surface area contributed by atoms with Crippen LogP contribution in [-0.4, -0.2) is 4.98 Å². The van der Waals surface area contributed by atoms with Gasteiger partial charge in [-0.1, -0.05) is 0 Å². The van der Waals surface area contributed by atoms with Crippen molar-refractivity contribution in [2.24, 2.45) is 11.5 Å². The molecule has 1 unspecified atom stereocenters. The lowest BCUT2D eigenvalue weighted by atomic mass is 10.0. The summed E-state index contributed by atoms with van der Waals surface area (Å²) in [5.41, 5.74) is 9.77. The number of hydrogen-bond acceptors (Lipinski definition) is 4. The minimum atomic E-state index is -4.44. The number of nitrogens with two attached hydrogens (primary N) is 2. The Morgan fingerprint density at radius 3 is 2.67 bits per heavy atom. The van der Waals surface area contributed by atoms with E-state index in [-0.39, 0.29) is 5.69 Å². The Morgan fingerprint density at radius 1 is 1.33 bits per heavy atom. The van der Waals surface area contributed by atoms with Gasteiger partial charge in [-0.15, -0.1) is 0 Å². The maximum absolute atomic E-state index is 12.6. The zero-order valence-electron chi connectivity index (χ0n) is 9.20. The highest BCUT2D eigenvalue weighted by Gasteiger charge is 2.34. The molecule has 0 fully saturated rings. The first-order valence-corrected chi connectivity index (χ1v) is 5.06. The van der Waals surface area contributed by atoms with Gasteiger partial charge in [-0.05, 0) is 24.3 Å². The Bertz CT molecular complexity index is 521. The summed E-state index contributed by atoms with van der Waals surface area (Å²) in [6.45, 7) is 0. The van der Waals surface area contributed by atoms with Crippen molar-refractivity contribution >= 4 is 0 Å². The summed E-state index contributed by atoms with van der Waals surface area (Å²) in [7, 11) is 0. The summed E-state index contributed by atoms with van der Waals surface area (Å²) in [4.78, 5) is 3.86. The average Bonchev–Trinajstić information content (AvgIpc) is 2.28. The van der Waals surface area contributed by atoms with Gasteiger partial charge < -0.3 is 16.8 Å². The zero-order chi connectivity index (χ0) is 13.4. The molecule has 4 nitrogen and oxygen atoms in total. The second-order valence-corrected chi connectivity index (χ2v) is 3.92. The van der Waals surface area contributed by atoms with Crippen molar-refractivity contribution in [2.45, 2.75) is 11.8 Å². The van der Waals surface area contributed by atoms with Crippen molar-refractivity contribution in [3.05, 3.63) is 53.6 Å². The van der Waals surface area contributed by atoms with E-state index >= 15 is 0 Å². The first-order chi connectivity index (χ1) is 8.31. The van der Waals surface area contributed by atoms with Gasteiger partial charge in [-0.25, -0.2) is 0 Å². The smallest absolute Gasteiger partial charge is 0.399 e. The van der Waals surface area contributed by atoms with E-state index in [1.807, 2.05) is 0 Å². The molecule has 1 aromatic rings. The van der Waals surface area contributed by atoms with Crippen LogP contribution in [0.3, 0.4) is 0 Å². The molecule has 0 spiro atoms. The quantitative estimate of drug-likeness (QED) is 0.705. The average molecular weight is 256 g/mol. The first-order valence-electron chi connectivity index (χ1n) is 5.06. The number of dihydropyridines is 1. The van der Waals surface area contributed by atoms with Gasteiger partial charge >= 0.3 is 6.18 Å². The molecule has 0 aromatic carbocycles. The molecule has 0 bridgehead atoms. The van der Waals surface area contributed by atoms with Crippen LogP contribution in [0.2, 0.25) is 0 Å². The number of nitrogens with zero attached hydrogens (tertiary/aromatic N) is 1. The lowest BCUT2D eigenvalue weighted by Crippen LogP contribution is -2.49. The topological polar surface area (TPSA) is 77.0 Å². The Kier molecular flexibility index (Phi) is 2.78. The monoisotopic (exact) mass is 256 g/mol. The fourth-order valence-electron chi connectivity index (χ4n) is 1.61. The van der Waals surface area contributed by atoms with E-state index < -0.39 is 17.4 Å². The summed E-state index contributed by atoms with van der Waals surface area (Å²) in [5.74, 6) is 0. The SMILES string of the molecule is NC1=CC(N)(c2cc(C(F)(F)F)ccn2)NC=C1. The molecule has 0 saturated heterocycles. The lowest BCUT2D eigenvalue weighted by molar-refractivity contribution is -0.137. The number of pyridine rings is 1. The second-order valence-electron chi connectivity index (χ2n) is 3.92. The molecule has 0 amide bonds. The largest absolute Gasteiger partial charge is 0.416 e. The summed E-state index contributed by atoms with van der Waals surface area (Å²) >= 11 is 0. The van der Waals surface area contributed by atoms with Crippen molar-refractivity contribution in [3.63, 3.8) is 0 Å². The van der Waals surface area contributed by atoms with Gasteiger partial charge in [-0.2, -0.15) is 13.2 Å². The number of allylic oxidation sites excluding steroid dienone is 1. The standard InChI is InChI=1S/C11H11F3N4/c12-11(13,14)7-1-3-17-9(5-7)10(16)6-8(15)2-4-18-10/h1-6,18H,15-16H2. The number of aromatic nitrogens is 1. The maximum Gasteiger partial charge on any atom is 0.416 e. The molecule has 96 valence electrons. The van der Waals surface area contributed by atoms with Gasteiger partial charge in [0.2, 0.25) is 0 Å². The minimum absolute atomic E-state index is 0.0459. The third-order valence-electron chi connectivity index (χ3n) is 2.50. The molecule has 1 aromatic heterocycles. The van der Waals surface area contributed by atoms with E-state index in [0.717, 1.165) is 18.3 Å². The van der Waals surface area contributed by atoms with Crippen LogP contribution in [0.4, 0.5) is 13.2 Å². The third kappa shape index (κ3) is 2.30. The van der Waals surface area contributed by atoms with Crippen LogP contribution >= 0.6 is 0 Å². The molecule has 1 atom stereocenters. The number of halogens is 3. The van der Waals surface area contributed by atoms with Crippen LogP contribution in [-0.2, 0) is 11.8 Å². The van der Waals surface area contributed by atoms with Gasteiger partial charge in [0, 0.05) is 18.1 Å². The van der Waals surface area contributed by atoms with E-state index in [1.165, 1.54) is 12.3 Å². The van der Waals surface area contributed by atoms with Crippen LogP contribution in [0, 0.1) is 0 Å². The molecule has 0 radical (unpaired) electrons. The molecule has 18 heavy (non-hydrogen) atoms. The van der Waals surface area contributed by atoms with Crippen molar-refractivity contribution < 1.29 is 13.2 Å². The van der Waals surface area contributed by atoms with Gasteiger partial charge in [0.05, 0.1) is 11.3 Å². The predicted octanol–water partition coefficient (Wildman–Crippen LogP) is 1.17. The van der Waals surface area contributed by atoms with Crippen LogP contribution < -0.4 is 16.8 Å². The number of hydrogen-bond donors (Lipinski definition) is 3. The van der Waals surface area contributed by atoms with E-state index in [4.69, 9.17) is 11.5 Å². The van der Waals surface area contributed by atoms with Crippen LogP contribution in [0.15, 0.2) is 42.4 Å². The molecular weight excluding hydrogens is 245 g/mol. The molecular formula is C11H11F3N4. The number of nitrogens with one attached hydrogen (secondary N) is 1. The second kappa shape index (κ2) is 4.02. The molecule has 5 N–H and O–H groups in total. The maximum atomic E-state index is 12.6. The van der Waals surface area contributed by atoms with Crippen molar-refractivity contribution in [1.29, 1.82) is 0 Å². The Morgan fingerprint density at radius 2 is 2.06 bits per heavy atom. The molecule has 2 rings (SSSR count). The number of alkyl halides is 3. The van der Waals surface area contributed by atoms with Crippen molar-refractivity contribution in [2.75, 3.05) is 0 Å². The van der Waals surface area contributed by atoms with E-state index in [2.05, 4.69) is 10.3 Å². The van der Waals surface area contributed by atoms with Gasteiger partial charge in [0.1, 0.15) is 0 Å². The summed E-state index contributed by atoms with van der Waals surface area (Å²) in [5, 5.41) is 2.73. The first kappa shape index (κ1) is 12.4. The van der Waals surface area contributed by atoms with E-state index in [1.54, 1.807) is 6.08 Å². The van der Waals surface area contributed by atoms with Gasteiger partial charge in [0.25, 0.3) is 0 Å². The minimum Gasteiger partial charge on any atom is -0.399 e. The molecule has 1 aliphatic heterocycles. The fourth-order valence-corrected chi connectivity index (χ4v) is 1.61. The Hall–Kier alpha value is -2.02. The Balaban J connectivity index is 2.43. The predicted molar refractivity (Wildman–Crippen MR) is 59.7 cm³/mol. The van der Waals surface area contributed by atoms with Gasteiger partial charge in [0.15, 0.2) is 5.66 Å². The number of rotatable bonds is 1. The van der Waals surface area contributed by atoms with Gasteiger partial charge in [-0.3, -0.25) is 4.98 Å². The fraction of sp³-hybridized carbons (Fsp3) is 0.182. The van der Waals surface area contributed by atoms with Crippen LogP contribution in [0.25, 0.3) is 0 Å². The summed E-state index contributed by atoms with van der Waals surface area (Å²) in [6.07, 6.45) is 1.07. The highest BCUT2D eigenvalue weighted by Crippen LogP contribution is 2.30. The zero-order valence-corrected chi connectivity index (χ0v) is 9.20. The van der Waals surface area contributed by atoms with Crippen LogP contribution in [0.5, 0.6) is 0 Å². The molecule has 2 heterocycles. The molecule has 7 heteroatoms. The Labute approximate surface area is 101 Å². The van der Waals surface area contributed by atoms with Crippen molar-refractivity contribution in [3.8, 4) is 0 Å². The normalized spacial score (nSPS) is 23.4. The molecule has 0 saturated carbocycles. The third-order valence-corrected chi connectivity index (χ3v) is 2.50. The summed E-state index contributed by atoms with van der Waals surface area (Å²) < 4.78 is 37.8. The van der Waals surface area contributed by atoms with E-state index in [9.17, 15) is 13.2 Å². The summed E-state index contributed by atoms with van der Waals surface area (Å²) in [6, 6.07) is 1.79. The lowest BCUT2D eigenvalue weighted by Gasteiger charge is -2.29. The van der Waals surface area contributed by atoms with E-state index in [0.29, 0.717) is 5.70 Å². The van der Waals surface area contributed by atoms with Crippen LogP contribution in [0.1, 0.15) is 11.3 Å². The molecule has 0 aliphatic carbocycles. The van der Waals surface area contributed by atoms with Crippen molar-refractivity contribution in [1.82, 2.24) is 10.3 Å².